The van der Waals surface area contributed by atoms with Gasteiger partial charge < -0.3 is 4.90 Å². The van der Waals surface area contributed by atoms with E-state index in [1.54, 1.807) is 0 Å². The van der Waals surface area contributed by atoms with Gasteiger partial charge in [-0.3, -0.25) is 4.79 Å². The fourth-order valence-corrected chi connectivity index (χ4v) is 5.75. The number of likely N-dealkylation sites (tertiary alicyclic amines) is 1. The summed E-state index contributed by atoms with van der Waals surface area (Å²) in [5.74, 6) is 0.381. The lowest BCUT2D eigenvalue weighted by molar-refractivity contribution is -0.129. The molecule has 1 amide bonds. The topological polar surface area (TPSA) is 20.3 Å². The lowest BCUT2D eigenvalue weighted by Gasteiger charge is -2.31. The number of rotatable bonds is 4. The molecular formula is C16H25NOSi. The molecule has 1 fully saturated rings. The van der Waals surface area contributed by atoms with Crippen molar-refractivity contribution in [2.75, 3.05) is 12.7 Å². The van der Waals surface area contributed by atoms with Crippen molar-refractivity contribution in [2.24, 2.45) is 0 Å². The zero-order valence-corrected chi connectivity index (χ0v) is 13.2. The van der Waals surface area contributed by atoms with Crippen molar-refractivity contribution in [3.05, 3.63) is 35.9 Å². The maximum Gasteiger partial charge on any atom is 0.222 e. The van der Waals surface area contributed by atoms with Gasteiger partial charge in [0, 0.05) is 19.1 Å². The van der Waals surface area contributed by atoms with Crippen LogP contribution in [-0.4, -0.2) is 31.6 Å². The van der Waals surface area contributed by atoms with Gasteiger partial charge in [-0.2, -0.15) is 0 Å². The van der Waals surface area contributed by atoms with E-state index < -0.39 is 8.07 Å². The third kappa shape index (κ3) is 4.50. The lowest BCUT2D eigenvalue weighted by atomic mass is 10.2. The number of hydrogen-bond donors (Lipinski definition) is 0. The minimum atomic E-state index is -1.39. The zero-order chi connectivity index (χ0) is 13.7. The van der Waals surface area contributed by atoms with Gasteiger partial charge in [-0.25, -0.2) is 0 Å². The molecule has 1 saturated heterocycles. The summed E-state index contributed by atoms with van der Waals surface area (Å²) in [4.78, 5) is 14.2. The van der Waals surface area contributed by atoms with E-state index in [1.165, 1.54) is 18.4 Å². The molecule has 2 rings (SSSR count). The minimum absolute atomic E-state index is 0.381. The van der Waals surface area contributed by atoms with E-state index in [0.717, 1.165) is 31.6 Å². The van der Waals surface area contributed by atoms with E-state index in [2.05, 4.69) is 48.3 Å². The van der Waals surface area contributed by atoms with Crippen molar-refractivity contribution in [1.29, 1.82) is 0 Å². The minimum Gasteiger partial charge on any atom is -0.346 e. The van der Waals surface area contributed by atoms with Gasteiger partial charge in [0.2, 0.25) is 5.91 Å². The Bertz CT molecular complexity index is 416. The summed E-state index contributed by atoms with van der Waals surface area (Å²) in [6.45, 7) is 5.78. The monoisotopic (exact) mass is 275 g/mol. The van der Waals surface area contributed by atoms with Crippen LogP contribution in [0.15, 0.2) is 30.3 Å². The summed E-state index contributed by atoms with van der Waals surface area (Å²) in [7, 11) is -1.39. The Morgan fingerprint density at radius 2 is 1.84 bits per heavy atom. The molecule has 0 radical (unpaired) electrons. The second kappa shape index (κ2) is 6.37. The van der Waals surface area contributed by atoms with Crippen LogP contribution >= 0.6 is 0 Å². The normalized spacial score (nSPS) is 17.4. The molecule has 1 aliphatic rings. The summed E-state index contributed by atoms with van der Waals surface area (Å²) >= 11 is 0. The van der Waals surface area contributed by atoms with Crippen LogP contribution in [0.25, 0.3) is 0 Å². The number of nitrogens with zero attached hydrogens (tertiary/aromatic N) is 1. The summed E-state index contributed by atoms with van der Waals surface area (Å²) in [5.41, 5.74) is 1.42. The van der Waals surface area contributed by atoms with Gasteiger partial charge in [0.05, 0.1) is 8.07 Å². The molecule has 104 valence electrons. The van der Waals surface area contributed by atoms with Crippen LogP contribution < -0.4 is 0 Å². The summed E-state index contributed by atoms with van der Waals surface area (Å²) in [5, 5.41) is 0. The third-order valence-corrected chi connectivity index (χ3v) is 6.42. The van der Waals surface area contributed by atoms with Gasteiger partial charge in [0.15, 0.2) is 0 Å². The molecule has 19 heavy (non-hydrogen) atoms. The summed E-state index contributed by atoms with van der Waals surface area (Å²) in [6.07, 6.45) is 5.25. The van der Waals surface area contributed by atoms with Gasteiger partial charge in [-0.1, -0.05) is 55.4 Å². The molecule has 0 saturated carbocycles. The highest BCUT2D eigenvalue weighted by molar-refractivity contribution is 6.77. The van der Waals surface area contributed by atoms with Crippen LogP contribution in [0.2, 0.25) is 13.1 Å². The standard InChI is InChI=1S/C16H25NOSi/c1-19(2,13-15-9-5-3-6-10-15)14-17-12-8-4-7-11-16(17)18/h3,5-6,9-10H,4,7-8,11-14H2,1-2H3. The molecule has 1 aliphatic heterocycles. The van der Waals surface area contributed by atoms with Crippen molar-refractivity contribution in [2.45, 2.75) is 44.8 Å². The number of carbonyl (C=O) groups is 1. The molecule has 2 nitrogen and oxygen atoms in total. The third-order valence-electron chi connectivity index (χ3n) is 3.82. The second-order valence-corrected chi connectivity index (χ2v) is 11.5. The van der Waals surface area contributed by atoms with E-state index in [1.807, 2.05) is 0 Å². The molecular weight excluding hydrogens is 250 g/mol. The Morgan fingerprint density at radius 3 is 2.58 bits per heavy atom. The molecule has 1 heterocycles. The summed E-state index contributed by atoms with van der Waals surface area (Å²) < 4.78 is 0. The van der Waals surface area contributed by atoms with Gasteiger partial charge >= 0.3 is 0 Å². The Morgan fingerprint density at radius 1 is 1.11 bits per heavy atom. The highest BCUT2D eigenvalue weighted by Crippen LogP contribution is 2.17. The van der Waals surface area contributed by atoms with Crippen LogP contribution in [0, 0.1) is 0 Å². The highest BCUT2D eigenvalue weighted by Gasteiger charge is 2.27. The Hall–Kier alpha value is -1.09. The highest BCUT2D eigenvalue weighted by atomic mass is 28.3. The van der Waals surface area contributed by atoms with Crippen molar-refractivity contribution in [3.8, 4) is 0 Å². The first-order valence-corrected chi connectivity index (χ1v) is 10.8. The van der Waals surface area contributed by atoms with Crippen molar-refractivity contribution < 1.29 is 4.79 Å². The van der Waals surface area contributed by atoms with Crippen LogP contribution in [0.3, 0.4) is 0 Å². The molecule has 0 aromatic heterocycles. The number of hydrogen-bond acceptors (Lipinski definition) is 1. The van der Waals surface area contributed by atoms with E-state index >= 15 is 0 Å². The number of amides is 1. The van der Waals surface area contributed by atoms with Crippen molar-refractivity contribution in [1.82, 2.24) is 4.90 Å². The number of benzene rings is 1. The Balaban J connectivity index is 1.97. The van der Waals surface area contributed by atoms with Gasteiger partial charge in [0.25, 0.3) is 0 Å². The van der Waals surface area contributed by atoms with E-state index in [0.29, 0.717) is 5.91 Å². The quantitative estimate of drug-likeness (QED) is 0.771. The average Bonchev–Trinajstić information content (AvgIpc) is 2.55. The molecule has 0 aliphatic carbocycles. The molecule has 0 atom stereocenters. The van der Waals surface area contributed by atoms with E-state index in [4.69, 9.17) is 0 Å². The predicted octanol–water partition coefficient (Wildman–Crippen LogP) is 3.42. The van der Waals surface area contributed by atoms with Gasteiger partial charge in [-0.15, -0.1) is 0 Å². The Kier molecular flexibility index (Phi) is 4.80. The molecule has 3 heteroatoms. The average molecular weight is 275 g/mol. The molecule has 0 bridgehead atoms. The lowest BCUT2D eigenvalue weighted by Crippen LogP contribution is -2.47. The molecule has 1 aromatic rings. The molecule has 0 unspecified atom stereocenters. The molecule has 1 aromatic carbocycles. The van der Waals surface area contributed by atoms with Gasteiger partial charge in [0.1, 0.15) is 0 Å². The van der Waals surface area contributed by atoms with Crippen LogP contribution in [0.4, 0.5) is 0 Å². The van der Waals surface area contributed by atoms with Crippen LogP contribution in [0.1, 0.15) is 31.2 Å². The van der Waals surface area contributed by atoms with E-state index in [9.17, 15) is 4.79 Å². The van der Waals surface area contributed by atoms with E-state index in [-0.39, 0.29) is 0 Å². The van der Waals surface area contributed by atoms with Gasteiger partial charge in [-0.05, 0) is 18.9 Å². The first kappa shape index (κ1) is 14.3. The SMILES string of the molecule is C[Si](C)(Cc1ccccc1)CN1CCCCCC1=O. The molecule has 0 N–H and O–H groups in total. The fraction of sp³-hybridized carbons (Fsp3) is 0.562. The number of carbonyl (C=O) groups excluding carboxylic acids is 1. The maximum absolute atomic E-state index is 12.1. The maximum atomic E-state index is 12.1. The van der Waals surface area contributed by atoms with Crippen LogP contribution in [0.5, 0.6) is 0 Å². The smallest absolute Gasteiger partial charge is 0.222 e. The summed E-state index contributed by atoms with van der Waals surface area (Å²) in [6, 6.07) is 11.9. The Labute approximate surface area is 117 Å². The largest absolute Gasteiger partial charge is 0.346 e. The zero-order valence-electron chi connectivity index (χ0n) is 12.2. The van der Waals surface area contributed by atoms with Crippen molar-refractivity contribution in [3.63, 3.8) is 0 Å². The van der Waals surface area contributed by atoms with Crippen molar-refractivity contribution >= 4 is 14.0 Å². The second-order valence-electron chi connectivity index (χ2n) is 6.45. The first-order chi connectivity index (χ1) is 9.07. The predicted molar refractivity (Wildman–Crippen MR) is 82.7 cm³/mol. The van der Waals surface area contributed by atoms with Crippen LogP contribution in [-0.2, 0) is 10.8 Å². The molecule has 0 spiro atoms. The fourth-order valence-electron chi connectivity index (χ4n) is 2.93. The first-order valence-electron chi connectivity index (χ1n) is 7.39.